The largest absolute Gasteiger partial charge is 0.463 e. The molecule has 0 N–H and O–H groups in total. The first-order valence-electron chi connectivity index (χ1n) is 10.3. The van der Waals surface area contributed by atoms with Crippen LogP contribution in [0.1, 0.15) is 94.9 Å². The molecule has 154 valence electrons. The lowest BCUT2D eigenvalue weighted by Crippen LogP contribution is -2.55. The van der Waals surface area contributed by atoms with E-state index in [2.05, 4.69) is 27.7 Å². The van der Waals surface area contributed by atoms with Gasteiger partial charge in [0.15, 0.2) is 0 Å². The van der Waals surface area contributed by atoms with E-state index in [0.717, 1.165) is 0 Å². The Morgan fingerprint density at radius 1 is 0.654 bits per heavy atom. The maximum Gasteiger partial charge on any atom is 0.313 e. The van der Waals surface area contributed by atoms with Crippen molar-refractivity contribution in [2.75, 3.05) is 0 Å². The molecule has 0 aromatic rings. The summed E-state index contributed by atoms with van der Waals surface area (Å²) in [4.78, 5) is 26.8. The van der Waals surface area contributed by atoms with Crippen LogP contribution < -0.4 is 0 Å². The molecular weight excluding hydrogens is 328 g/mol. The van der Waals surface area contributed by atoms with Gasteiger partial charge in [0, 0.05) is 0 Å². The Balaban J connectivity index is 6.54. The Labute approximate surface area is 161 Å². The van der Waals surface area contributed by atoms with Crippen LogP contribution in [-0.4, -0.2) is 24.1 Å². The van der Waals surface area contributed by atoms with Crippen molar-refractivity contribution >= 4 is 11.9 Å². The van der Waals surface area contributed by atoms with E-state index in [1.54, 1.807) is 0 Å². The summed E-state index contributed by atoms with van der Waals surface area (Å²) in [7, 11) is 0. The molecule has 0 radical (unpaired) electrons. The third kappa shape index (κ3) is 5.72. The van der Waals surface area contributed by atoms with Gasteiger partial charge in [-0.15, -0.1) is 0 Å². The van der Waals surface area contributed by atoms with Gasteiger partial charge in [0.25, 0.3) is 0 Å². The van der Waals surface area contributed by atoms with Crippen molar-refractivity contribution in [3.63, 3.8) is 0 Å². The SMILES string of the molecule is CCC(CC(C)C)(C(=O)OC(C)C)C(CC)(CC(C)C)C(=O)OC(C)C. The molecule has 0 aliphatic heterocycles. The second-order valence-electron chi connectivity index (χ2n) is 8.98. The van der Waals surface area contributed by atoms with Crippen LogP contribution in [0.5, 0.6) is 0 Å². The number of rotatable bonds is 11. The van der Waals surface area contributed by atoms with Crippen LogP contribution in [0.3, 0.4) is 0 Å². The summed E-state index contributed by atoms with van der Waals surface area (Å²) in [6.07, 6.45) is 1.92. The van der Waals surface area contributed by atoms with Crippen LogP contribution in [0.2, 0.25) is 0 Å². The average molecular weight is 371 g/mol. The molecule has 0 rings (SSSR count). The van der Waals surface area contributed by atoms with Gasteiger partial charge in [-0.3, -0.25) is 9.59 Å². The smallest absolute Gasteiger partial charge is 0.313 e. The zero-order valence-electron chi connectivity index (χ0n) is 18.8. The summed E-state index contributed by atoms with van der Waals surface area (Å²) in [5, 5.41) is 0. The molecule has 0 saturated carbocycles. The van der Waals surface area contributed by atoms with E-state index in [1.165, 1.54) is 0 Å². The molecule has 0 aliphatic carbocycles. The first-order chi connectivity index (χ1) is 11.9. The highest BCUT2D eigenvalue weighted by Crippen LogP contribution is 2.54. The number of hydrogen-bond acceptors (Lipinski definition) is 4. The molecule has 2 unspecified atom stereocenters. The predicted octanol–water partition coefficient (Wildman–Crippen LogP) is 5.77. The van der Waals surface area contributed by atoms with Gasteiger partial charge < -0.3 is 9.47 Å². The Hall–Kier alpha value is -1.06. The summed E-state index contributed by atoms with van der Waals surface area (Å²) in [5.74, 6) is 0.0120. The zero-order chi connectivity index (χ0) is 20.7. The summed E-state index contributed by atoms with van der Waals surface area (Å²) < 4.78 is 11.4. The highest BCUT2D eigenvalue weighted by molar-refractivity contribution is 5.88. The number of carbonyl (C=O) groups excluding carboxylic acids is 2. The average Bonchev–Trinajstić information content (AvgIpc) is 2.48. The molecule has 26 heavy (non-hydrogen) atoms. The highest BCUT2D eigenvalue weighted by atomic mass is 16.6. The summed E-state index contributed by atoms with van der Waals surface area (Å²) in [6.45, 7) is 19.8. The molecule has 2 atom stereocenters. The molecule has 0 aliphatic rings. The van der Waals surface area contributed by atoms with E-state index in [1.807, 2.05) is 41.5 Å². The van der Waals surface area contributed by atoms with Gasteiger partial charge in [-0.2, -0.15) is 0 Å². The summed E-state index contributed by atoms with van der Waals surface area (Å²) >= 11 is 0. The molecule has 0 spiro atoms. The van der Waals surface area contributed by atoms with Gasteiger partial charge in [0.2, 0.25) is 0 Å². The molecule has 4 heteroatoms. The van der Waals surface area contributed by atoms with Gasteiger partial charge in [-0.05, 0) is 65.2 Å². The minimum Gasteiger partial charge on any atom is -0.463 e. The van der Waals surface area contributed by atoms with Gasteiger partial charge in [-0.25, -0.2) is 0 Å². The molecule has 0 bridgehead atoms. The van der Waals surface area contributed by atoms with Gasteiger partial charge in [-0.1, -0.05) is 41.5 Å². The van der Waals surface area contributed by atoms with Crippen LogP contribution in [-0.2, 0) is 19.1 Å². The molecule has 0 aromatic carbocycles. The number of hydrogen-bond donors (Lipinski definition) is 0. The van der Waals surface area contributed by atoms with Crippen LogP contribution in [0.4, 0.5) is 0 Å². The first-order valence-corrected chi connectivity index (χ1v) is 10.3. The monoisotopic (exact) mass is 370 g/mol. The van der Waals surface area contributed by atoms with Gasteiger partial charge in [0.05, 0.1) is 23.0 Å². The highest BCUT2D eigenvalue weighted by Gasteiger charge is 2.60. The van der Waals surface area contributed by atoms with E-state index in [4.69, 9.17) is 9.47 Å². The minimum atomic E-state index is -0.879. The minimum absolute atomic E-state index is 0.213. The Morgan fingerprint density at radius 3 is 1.08 bits per heavy atom. The topological polar surface area (TPSA) is 52.6 Å². The van der Waals surface area contributed by atoms with Crippen molar-refractivity contribution in [1.29, 1.82) is 0 Å². The van der Waals surface area contributed by atoms with Crippen molar-refractivity contribution < 1.29 is 19.1 Å². The second-order valence-corrected chi connectivity index (χ2v) is 8.98. The standard InChI is InChI=1S/C22H42O4/c1-11-21(13-15(3)4,19(23)25-17(7)8)22(12-2,14-16(5)6)20(24)26-18(9)10/h15-18H,11-14H2,1-10H3. The van der Waals surface area contributed by atoms with E-state index in [0.29, 0.717) is 25.7 Å². The Bertz CT molecular complexity index is 411. The summed E-state index contributed by atoms with van der Waals surface area (Å²) in [5.41, 5.74) is -1.76. The van der Waals surface area contributed by atoms with Gasteiger partial charge >= 0.3 is 11.9 Å². The van der Waals surface area contributed by atoms with Crippen LogP contribution >= 0.6 is 0 Å². The summed E-state index contributed by atoms with van der Waals surface area (Å²) in [6, 6.07) is 0. The zero-order valence-corrected chi connectivity index (χ0v) is 18.8. The van der Waals surface area contributed by atoms with Gasteiger partial charge in [0.1, 0.15) is 0 Å². The third-order valence-corrected chi connectivity index (χ3v) is 5.10. The Morgan fingerprint density at radius 2 is 0.923 bits per heavy atom. The van der Waals surface area contributed by atoms with Crippen molar-refractivity contribution in [1.82, 2.24) is 0 Å². The molecule has 0 heterocycles. The third-order valence-electron chi connectivity index (χ3n) is 5.10. The van der Waals surface area contributed by atoms with E-state index < -0.39 is 10.8 Å². The van der Waals surface area contributed by atoms with E-state index >= 15 is 0 Å². The van der Waals surface area contributed by atoms with Crippen LogP contribution in [0.15, 0.2) is 0 Å². The first kappa shape index (κ1) is 24.9. The van der Waals surface area contributed by atoms with Crippen LogP contribution in [0, 0.1) is 22.7 Å². The van der Waals surface area contributed by atoms with Crippen molar-refractivity contribution in [2.45, 2.75) is 107 Å². The maximum atomic E-state index is 13.4. The van der Waals surface area contributed by atoms with Crippen LogP contribution in [0.25, 0.3) is 0 Å². The lowest BCUT2D eigenvalue weighted by molar-refractivity contribution is -0.192. The van der Waals surface area contributed by atoms with Crippen molar-refractivity contribution in [2.24, 2.45) is 22.7 Å². The van der Waals surface area contributed by atoms with E-state index in [-0.39, 0.29) is 36.0 Å². The second kappa shape index (κ2) is 10.3. The van der Waals surface area contributed by atoms with Crippen molar-refractivity contribution in [3.05, 3.63) is 0 Å². The molecule has 0 amide bonds. The molecule has 0 saturated heterocycles. The fraction of sp³-hybridized carbons (Fsp3) is 0.909. The predicted molar refractivity (Wildman–Crippen MR) is 107 cm³/mol. The molecule has 0 aromatic heterocycles. The normalized spacial score (nSPS) is 16.7. The van der Waals surface area contributed by atoms with Crippen molar-refractivity contribution in [3.8, 4) is 0 Å². The maximum absolute atomic E-state index is 13.4. The molecule has 0 fully saturated rings. The van der Waals surface area contributed by atoms with E-state index in [9.17, 15) is 9.59 Å². The molecular formula is C22H42O4. The lowest BCUT2D eigenvalue weighted by atomic mass is 9.54. The Kier molecular flexibility index (Phi) is 9.90. The fourth-order valence-corrected chi connectivity index (χ4v) is 4.25. The quantitative estimate of drug-likeness (QED) is 0.433. The lowest BCUT2D eigenvalue weighted by Gasteiger charge is -2.48. The number of ether oxygens (including phenoxy) is 2. The molecule has 4 nitrogen and oxygen atoms in total. The fourth-order valence-electron chi connectivity index (χ4n) is 4.25. The number of esters is 2. The number of carbonyl (C=O) groups is 2.